The van der Waals surface area contributed by atoms with E-state index < -0.39 is 17.7 Å². The summed E-state index contributed by atoms with van der Waals surface area (Å²) in [7, 11) is 1.63. The van der Waals surface area contributed by atoms with Crippen LogP contribution in [0.3, 0.4) is 0 Å². The quantitative estimate of drug-likeness (QED) is 0.318. The van der Waals surface area contributed by atoms with Gasteiger partial charge < -0.3 is 24.3 Å². The molecule has 8 nitrogen and oxygen atoms in total. The fourth-order valence-corrected chi connectivity index (χ4v) is 4.36. The van der Waals surface area contributed by atoms with Crippen LogP contribution in [-0.2, 0) is 9.53 Å². The number of carbonyl (C=O) groups excluding carboxylic acids is 3. The van der Waals surface area contributed by atoms with Gasteiger partial charge in [0, 0.05) is 43.1 Å². The number of ketones is 1. The normalized spacial score (nSPS) is 13.5. The van der Waals surface area contributed by atoms with Gasteiger partial charge in [0.15, 0.2) is 0 Å². The number of rotatable bonds is 7. The number of Topliss-reactive ketones (excluding diaryl/α,β-unsaturated/α-hetero) is 1. The summed E-state index contributed by atoms with van der Waals surface area (Å²) in [4.78, 5) is 46.1. The van der Waals surface area contributed by atoms with Gasteiger partial charge in [-0.25, -0.2) is 4.79 Å². The van der Waals surface area contributed by atoms with Gasteiger partial charge in [-0.05, 0) is 43.7 Å². The summed E-state index contributed by atoms with van der Waals surface area (Å²) in [5.41, 5.74) is 2.98. The van der Waals surface area contributed by atoms with E-state index in [4.69, 9.17) is 9.47 Å². The van der Waals surface area contributed by atoms with Crippen LogP contribution in [0.1, 0.15) is 33.5 Å². The summed E-state index contributed by atoms with van der Waals surface area (Å²) in [5, 5.41) is 0. The van der Waals surface area contributed by atoms with Gasteiger partial charge in [0.05, 0.1) is 19.3 Å². The molecule has 3 aromatic rings. The number of aryl methyl sites for hydroxylation is 1. The lowest BCUT2D eigenvalue weighted by molar-refractivity contribution is -0.126. The van der Waals surface area contributed by atoms with Gasteiger partial charge in [-0.15, -0.1) is 0 Å². The number of aromatic nitrogens is 1. The van der Waals surface area contributed by atoms with E-state index in [0.29, 0.717) is 43.0 Å². The van der Waals surface area contributed by atoms with Gasteiger partial charge in [-0.2, -0.15) is 0 Å². The van der Waals surface area contributed by atoms with Crippen LogP contribution < -0.4 is 9.64 Å². The number of hydrogen-bond donors (Lipinski definition) is 1. The Morgan fingerprint density at radius 2 is 1.60 bits per heavy atom. The van der Waals surface area contributed by atoms with Crippen LogP contribution in [0.2, 0.25) is 0 Å². The maximum atomic E-state index is 13.4. The average Bonchev–Trinajstić information content (AvgIpc) is 3.25. The van der Waals surface area contributed by atoms with Crippen molar-refractivity contribution in [1.29, 1.82) is 0 Å². The van der Waals surface area contributed by atoms with Gasteiger partial charge >= 0.3 is 5.97 Å². The third-order valence-corrected chi connectivity index (χ3v) is 6.16. The number of ether oxygens (including phenoxy) is 2. The molecule has 0 aliphatic carbocycles. The number of H-pyrrole nitrogens is 1. The second kappa shape index (κ2) is 10.5. The smallest absolute Gasteiger partial charge is 0.340 e. The molecule has 0 radical (unpaired) electrons. The number of amides is 1. The standard InChI is InChI=1S/C27H29N3O5/c1-4-35-27(33)22-18(2)28-24(23(22)19-8-6-5-7-9-19)25(31)26(32)30-16-14-29(15-17-30)20-10-12-21(34-3)13-11-20/h5-13,28H,4,14-17H2,1-3H3. The van der Waals surface area contributed by atoms with Crippen LogP contribution >= 0.6 is 0 Å². The minimum atomic E-state index is -0.666. The Hall–Kier alpha value is -4.07. The number of aromatic amines is 1. The Kier molecular flexibility index (Phi) is 7.19. The summed E-state index contributed by atoms with van der Waals surface area (Å²) >= 11 is 0. The van der Waals surface area contributed by atoms with E-state index in [1.807, 2.05) is 42.5 Å². The summed E-state index contributed by atoms with van der Waals surface area (Å²) in [5.74, 6) is -1.00. The number of hydrogen-bond acceptors (Lipinski definition) is 6. The molecule has 1 N–H and O–H groups in total. The molecule has 8 heteroatoms. The summed E-state index contributed by atoms with van der Waals surface area (Å²) in [6.07, 6.45) is 0. The van der Waals surface area contributed by atoms with Crippen molar-refractivity contribution in [2.24, 2.45) is 0 Å². The second-order valence-electron chi connectivity index (χ2n) is 8.27. The molecule has 2 heterocycles. The van der Waals surface area contributed by atoms with Crippen molar-refractivity contribution in [2.75, 3.05) is 44.8 Å². The van der Waals surface area contributed by atoms with Crippen LogP contribution in [-0.4, -0.2) is 67.4 Å². The van der Waals surface area contributed by atoms with Crippen molar-refractivity contribution >= 4 is 23.3 Å². The fraction of sp³-hybridized carbons (Fsp3) is 0.296. The van der Waals surface area contributed by atoms with Crippen LogP contribution in [0.4, 0.5) is 5.69 Å². The lowest BCUT2D eigenvalue weighted by Gasteiger charge is -2.35. The molecule has 1 amide bonds. The summed E-state index contributed by atoms with van der Waals surface area (Å²) < 4.78 is 10.4. The number of nitrogens with zero attached hydrogens (tertiary/aromatic N) is 2. The molecule has 2 aromatic carbocycles. The third kappa shape index (κ3) is 4.91. The van der Waals surface area contributed by atoms with E-state index >= 15 is 0 Å². The molecule has 4 rings (SSSR count). The van der Waals surface area contributed by atoms with Crippen molar-refractivity contribution < 1.29 is 23.9 Å². The molecule has 35 heavy (non-hydrogen) atoms. The molecule has 182 valence electrons. The minimum absolute atomic E-state index is 0.110. The summed E-state index contributed by atoms with van der Waals surface area (Å²) in [6.45, 7) is 5.68. The molecule has 0 unspecified atom stereocenters. The Labute approximate surface area is 204 Å². The van der Waals surface area contributed by atoms with Crippen LogP contribution in [0.25, 0.3) is 11.1 Å². The number of esters is 1. The number of piperazine rings is 1. The van der Waals surface area contributed by atoms with E-state index in [1.165, 1.54) is 0 Å². The highest BCUT2D eigenvalue weighted by atomic mass is 16.5. The minimum Gasteiger partial charge on any atom is -0.497 e. The zero-order chi connectivity index (χ0) is 24.9. The van der Waals surface area contributed by atoms with Crippen molar-refractivity contribution in [3.63, 3.8) is 0 Å². The Morgan fingerprint density at radius 1 is 0.943 bits per heavy atom. The van der Waals surface area contributed by atoms with Gasteiger partial charge in [0.1, 0.15) is 11.4 Å². The lowest BCUT2D eigenvalue weighted by Crippen LogP contribution is -2.50. The van der Waals surface area contributed by atoms with E-state index in [0.717, 1.165) is 11.4 Å². The highest BCUT2D eigenvalue weighted by Crippen LogP contribution is 2.32. The Balaban J connectivity index is 1.56. The molecule has 0 spiro atoms. The molecule has 1 aliphatic rings. The predicted octanol–water partition coefficient (Wildman–Crippen LogP) is 3.71. The van der Waals surface area contributed by atoms with Gasteiger partial charge in [-0.1, -0.05) is 30.3 Å². The fourth-order valence-electron chi connectivity index (χ4n) is 4.36. The molecule has 0 atom stereocenters. The third-order valence-electron chi connectivity index (χ3n) is 6.16. The number of methoxy groups -OCH3 is 1. The monoisotopic (exact) mass is 475 g/mol. The SMILES string of the molecule is CCOC(=O)c1c(C)[nH]c(C(=O)C(=O)N2CCN(c3ccc(OC)cc3)CC2)c1-c1ccccc1. The zero-order valence-electron chi connectivity index (χ0n) is 20.2. The van der Waals surface area contributed by atoms with E-state index in [1.54, 1.807) is 38.0 Å². The van der Waals surface area contributed by atoms with Gasteiger partial charge in [0.25, 0.3) is 11.7 Å². The Bertz CT molecular complexity index is 1210. The van der Waals surface area contributed by atoms with Crippen LogP contribution in [0.15, 0.2) is 54.6 Å². The Morgan fingerprint density at radius 3 is 2.20 bits per heavy atom. The molecule has 1 fully saturated rings. The molecule has 0 bridgehead atoms. The highest BCUT2D eigenvalue weighted by molar-refractivity contribution is 6.43. The summed E-state index contributed by atoms with van der Waals surface area (Å²) in [6, 6.07) is 16.9. The molecular formula is C27H29N3O5. The molecule has 1 aliphatic heterocycles. The molecule has 1 aromatic heterocycles. The predicted molar refractivity (Wildman–Crippen MR) is 133 cm³/mol. The zero-order valence-corrected chi connectivity index (χ0v) is 20.2. The second-order valence-corrected chi connectivity index (χ2v) is 8.27. The largest absolute Gasteiger partial charge is 0.497 e. The first-order valence-corrected chi connectivity index (χ1v) is 11.6. The number of anilines is 1. The first-order chi connectivity index (χ1) is 16.9. The number of carbonyl (C=O) groups is 3. The first kappa shape index (κ1) is 24.1. The van der Waals surface area contributed by atoms with E-state index in [9.17, 15) is 14.4 Å². The average molecular weight is 476 g/mol. The maximum Gasteiger partial charge on any atom is 0.340 e. The van der Waals surface area contributed by atoms with E-state index in [2.05, 4.69) is 9.88 Å². The van der Waals surface area contributed by atoms with Crippen LogP contribution in [0, 0.1) is 6.92 Å². The lowest BCUT2D eigenvalue weighted by atomic mass is 9.98. The van der Waals surface area contributed by atoms with Gasteiger partial charge in [0.2, 0.25) is 0 Å². The highest BCUT2D eigenvalue weighted by Gasteiger charge is 2.33. The molecular weight excluding hydrogens is 446 g/mol. The maximum absolute atomic E-state index is 13.4. The number of nitrogens with one attached hydrogen (secondary N) is 1. The van der Waals surface area contributed by atoms with Crippen molar-refractivity contribution in [3.05, 3.63) is 71.5 Å². The molecule has 1 saturated heterocycles. The van der Waals surface area contributed by atoms with Crippen molar-refractivity contribution in [1.82, 2.24) is 9.88 Å². The first-order valence-electron chi connectivity index (χ1n) is 11.6. The van der Waals surface area contributed by atoms with Crippen molar-refractivity contribution in [2.45, 2.75) is 13.8 Å². The van der Waals surface area contributed by atoms with Gasteiger partial charge in [-0.3, -0.25) is 9.59 Å². The molecule has 0 saturated carbocycles. The topological polar surface area (TPSA) is 91.9 Å². The van der Waals surface area contributed by atoms with Crippen molar-refractivity contribution in [3.8, 4) is 16.9 Å². The van der Waals surface area contributed by atoms with Crippen LogP contribution in [0.5, 0.6) is 5.75 Å². The van der Waals surface area contributed by atoms with E-state index in [-0.39, 0.29) is 17.9 Å². The number of benzene rings is 2.